The standard InChI is InChI=1S/C16H18N2O2/c1-3-5-12-6-8-13(9-7-12)15(19)14(11-17)16(20)18-10-4-2/h4,6-9,14H,2-3,5,10H2,1H3,(H,18,20)/t14-/m1/s1. The van der Waals surface area contributed by atoms with Crippen molar-refractivity contribution in [2.75, 3.05) is 6.54 Å². The zero-order chi connectivity index (χ0) is 15.0. The summed E-state index contributed by atoms with van der Waals surface area (Å²) in [7, 11) is 0. The van der Waals surface area contributed by atoms with E-state index >= 15 is 0 Å². The summed E-state index contributed by atoms with van der Waals surface area (Å²) in [5, 5.41) is 11.5. The summed E-state index contributed by atoms with van der Waals surface area (Å²) in [4.78, 5) is 23.9. The predicted octanol–water partition coefficient (Wildman–Crippen LogP) is 2.26. The Hall–Kier alpha value is -2.41. The average Bonchev–Trinajstić information content (AvgIpc) is 2.46. The lowest BCUT2D eigenvalue weighted by molar-refractivity contribution is -0.121. The molecule has 1 N–H and O–H groups in total. The molecule has 1 atom stereocenters. The summed E-state index contributed by atoms with van der Waals surface area (Å²) in [5.74, 6) is -2.38. The second-order valence-electron chi connectivity index (χ2n) is 4.41. The van der Waals surface area contributed by atoms with Crippen molar-refractivity contribution >= 4 is 11.7 Å². The molecule has 104 valence electrons. The van der Waals surface area contributed by atoms with Gasteiger partial charge in [-0.3, -0.25) is 9.59 Å². The molecule has 0 heterocycles. The molecule has 20 heavy (non-hydrogen) atoms. The third-order valence-electron chi connectivity index (χ3n) is 2.85. The van der Waals surface area contributed by atoms with Crippen molar-refractivity contribution in [2.45, 2.75) is 19.8 Å². The van der Waals surface area contributed by atoms with Gasteiger partial charge >= 0.3 is 0 Å². The molecule has 0 aliphatic heterocycles. The molecule has 1 amide bonds. The van der Waals surface area contributed by atoms with Gasteiger partial charge in [0, 0.05) is 12.1 Å². The number of nitrogens with zero attached hydrogens (tertiary/aromatic N) is 1. The van der Waals surface area contributed by atoms with Gasteiger partial charge in [-0.1, -0.05) is 43.7 Å². The van der Waals surface area contributed by atoms with Crippen LogP contribution in [0.4, 0.5) is 0 Å². The quantitative estimate of drug-likeness (QED) is 0.469. The summed E-state index contributed by atoms with van der Waals surface area (Å²) < 4.78 is 0. The summed E-state index contributed by atoms with van der Waals surface area (Å²) in [5.41, 5.74) is 1.51. The number of nitriles is 1. The van der Waals surface area contributed by atoms with Gasteiger partial charge in [0.1, 0.15) is 0 Å². The maximum absolute atomic E-state index is 12.1. The molecule has 0 radical (unpaired) electrons. The van der Waals surface area contributed by atoms with E-state index in [0.29, 0.717) is 5.56 Å². The van der Waals surface area contributed by atoms with E-state index in [1.54, 1.807) is 18.2 Å². The molecule has 4 heteroatoms. The minimum atomic E-state index is -1.31. The molecule has 0 saturated carbocycles. The molecule has 0 spiro atoms. The second-order valence-corrected chi connectivity index (χ2v) is 4.41. The highest BCUT2D eigenvalue weighted by molar-refractivity contribution is 6.12. The van der Waals surface area contributed by atoms with E-state index in [1.807, 2.05) is 12.1 Å². The number of rotatable bonds is 7. The first-order valence-electron chi connectivity index (χ1n) is 6.55. The van der Waals surface area contributed by atoms with Crippen LogP contribution in [0.1, 0.15) is 29.3 Å². The van der Waals surface area contributed by atoms with Crippen LogP contribution in [0.2, 0.25) is 0 Å². The van der Waals surface area contributed by atoms with Gasteiger partial charge < -0.3 is 5.32 Å². The number of aryl methyl sites for hydroxylation is 1. The zero-order valence-corrected chi connectivity index (χ0v) is 11.6. The molecule has 0 saturated heterocycles. The lowest BCUT2D eigenvalue weighted by atomic mass is 9.96. The minimum Gasteiger partial charge on any atom is -0.351 e. The smallest absolute Gasteiger partial charge is 0.245 e. The fourth-order valence-electron chi connectivity index (χ4n) is 1.80. The van der Waals surface area contributed by atoms with E-state index in [2.05, 4.69) is 18.8 Å². The molecule has 1 aromatic carbocycles. The Bertz CT molecular complexity index is 526. The van der Waals surface area contributed by atoms with Crippen LogP contribution >= 0.6 is 0 Å². The van der Waals surface area contributed by atoms with Crippen LogP contribution in [0, 0.1) is 17.2 Å². The van der Waals surface area contributed by atoms with E-state index in [0.717, 1.165) is 18.4 Å². The van der Waals surface area contributed by atoms with Crippen LogP contribution in [-0.2, 0) is 11.2 Å². The highest BCUT2D eigenvalue weighted by atomic mass is 16.2. The third kappa shape index (κ3) is 4.06. The molecular weight excluding hydrogens is 252 g/mol. The van der Waals surface area contributed by atoms with Crippen molar-refractivity contribution in [3.63, 3.8) is 0 Å². The van der Waals surface area contributed by atoms with Crippen molar-refractivity contribution < 1.29 is 9.59 Å². The molecule has 0 aromatic heterocycles. The van der Waals surface area contributed by atoms with Crippen molar-refractivity contribution in [1.82, 2.24) is 5.32 Å². The molecule has 0 aliphatic rings. The Kier molecular flexibility index (Phi) is 6.18. The van der Waals surface area contributed by atoms with E-state index in [-0.39, 0.29) is 6.54 Å². The molecular formula is C16H18N2O2. The van der Waals surface area contributed by atoms with Crippen molar-refractivity contribution in [1.29, 1.82) is 5.26 Å². The average molecular weight is 270 g/mol. The molecule has 1 aromatic rings. The Morgan fingerprint density at radius 2 is 2.05 bits per heavy atom. The monoisotopic (exact) mass is 270 g/mol. The zero-order valence-electron chi connectivity index (χ0n) is 11.6. The predicted molar refractivity (Wildman–Crippen MR) is 77.1 cm³/mol. The molecule has 4 nitrogen and oxygen atoms in total. The Morgan fingerprint density at radius 3 is 2.55 bits per heavy atom. The van der Waals surface area contributed by atoms with Gasteiger partial charge in [0.2, 0.25) is 5.91 Å². The number of benzene rings is 1. The summed E-state index contributed by atoms with van der Waals surface area (Å²) in [6, 6.07) is 8.79. The molecule has 0 bridgehead atoms. The van der Waals surface area contributed by atoms with Gasteiger partial charge in [0.15, 0.2) is 11.7 Å². The number of hydrogen-bond donors (Lipinski definition) is 1. The lowest BCUT2D eigenvalue weighted by Gasteiger charge is -2.08. The van der Waals surface area contributed by atoms with Crippen LogP contribution in [0.25, 0.3) is 0 Å². The van der Waals surface area contributed by atoms with Gasteiger partial charge in [-0.05, 0) is 12.0 Å². The minimum absolute atomic E-state index is 0.236. The number of carbonyl (C=O) groups excluding carboxylic acids is 2. The van der Waals surface area contributed by atoms with Gasteiger partial charge in [0.25, 0.3) is 0 Å². The van der Waals surface area contributed by atoms with E-state index in [9.17, 15) is 9.59 Å². The lowest BCUT2D eigenvalue weighted by Crippen LogP contribution is -2.34. The number of hydrogen-bond acceptors (Lipinski definition) is 3. The normalized spacial score (nSPS) is 11.2. The summed E-state index contributed by atoms with van der Waals surface area (Å²) in [6.07, 6.45) is 3.46. The largest absolute Gasteiger partial charge is 0.351 e. The van der Waals surface area contributed by atoms with Crippen molar-refractivity contribution in [3.8, 4) is 6.07 Å². The fourth-order valence-corrected chi connectivity index (χ4v) is 1.80. The molecule has 0 unspecified atom stereocenters. The molecule has 0 fully saturated rings. The first-order valence-corrected chi connectivity index (χ1v) is 6.55. The molecule has 0 aliphatic carbocycles. The topological polar surface area (TPSA) is 70.0 Å². The van der Waals surface area contributed by atoms with E-state index < -0.39 is 17.6 Å². The summed E-state index contributed by atoms with van der Waals surface area (Å²) >= 11 is 0. The van der Waals surface area contributed by atoms with Crippen LogP contribution in [0.15, 0.2) is 36.9 Å². The van der Waals surface area contributed by atoms with Crippen LogP contribution in [-0.4, -0.2) is 18.2 Å². The van der Waals surface area contributed by atoms with Crippen LogP contribution in [0.5, 0.6) is 0 Å². The summed E-state index contributed by atoms with van der Waals surface area (Å²) in [6.45, 7) is 5.78. The number of Topliss-reactive ketones (excluding diaryl/α,β-unsaturated/α-hetero) is 1. The Balaban J connectivity index is 2.83. The maximum Gasteiger partial charge on any atom is 0.245 e. The Morgan fingerprint density at radius 1 is 1.40 bits per heavy atom. The maximum atomic E-state index is 12.1. The van der Waals surface area contributed by atoms with Gasteiger partial charge in [-0.25, -0.2) is 0 Å². The molecule has 1 rings (SSSR count). The number of carbonyl (C=O) groups is 2. The van der Waals surface area contributed by atoms with E-state index in [1.165, 1.54) is 6.08 Å². The number of nitrogens with one attached hydrogen (secondary N) is 1. The van der Waals surface area contributed by atoms with Gasteiger partial charge in [0.05, 0.1) is 6.07 Å². The van der Waals surface area contributed by atoms with Gasteiger partial charge in [-0.15, -0.1) is 6.58 Å². The highest BCUT2D eigenvalue weighted by Gasteiger charge is 2.26. The van der Waals surface area contributed by atoms with Crippen molar-refractivity contribution in [3.05, 3.63) is 48.0 Å². The van der Waals surface area contributed by atoms with Crippen molar-refractivity contribution in [2.24, 2.45) is 5.92 Å². The van der Waals surface area contributed by atoms with Crippen LogP contribution in [0.3, 0.4) is 0 Å². The van der Waals surface area contributed by atoms with Gasteiger partial charge in [-0.2, -0.15) is 5.26 Å². The van der Waals surface area contributed by atoms with Crippen LogP contribution < -0.4 is 5.32 Å². The van der Waals surface area contributed by atoms with E-state index in [4.69, 9.17) is 5.26 Å². The highest BCUT2D eigenvalue weighted by Crippen LogP contribution is 2.12. The first kappa shape index (κ1) is 15.6. The second kappa shape index (κ2) is 7.90. The number of amides is 1. The fraction of sp³-hybridized carbons (Fsp3) is 0.312. The number of ketones is 1. The Labute approximate surface area is 119 Å². The third-order valence-corrected chi connectivity index (χ3v) is 2.85. The SMILES string of the molecule is C=CCNC(=O)[C@H](C#N)C(=O)c1ccc(CCC)cc1. The first-order chi connectivity index (χ1) is 9.63.